The Morgan fingerprint density at radius 2 is 1.57 bits per heavy atom. The maximum atomic E-state index is 13.2. The number of phenols is 1. The molecule has 1 aliphatic rings. The largest absolute Gasteiger partial charge is 0.508 e. The van der Waals surface area contributed by atoms with Gasteiger partial charge in [-0.25, -0.2) is 4.98 Å². The fourth-order valence-electron chi connectivity index (χ4n) is 4.46. The van der Waals surface area contributed by atoms with Gasteiger partial charge in [-0.2, -0.15) is 0 Å². The standard InChI is InChI=1S/C28H27N3O4/c1-34-26-11-8-21(18-27(26)35-2)24-4-3-5-25(29-24)28(33)31-14-12-30(13-15-31)22-9-6-20-17-23(32)10-7-19(20)16-22/h3-11,16-18,32H,12-15H2,1-2H3. The summed E-state index contributed by atoms with van der Waals surface area (Å²) in [7, 11) is 3.19. The van der Waals surface area contributed by atoms with E-state index in [9.17, 15) is 9.90 Å². The van der Waals surface area contributed by atoms with E-state index in [1.165, 1.54) is 0 Å². The number of hydrogen-bond acceptors (Lipinski definition) is 6. The molecular weight excluding hydrogens is 442 g/mol. The second kappa shape index (κ2) is 9.54. The summed E-state index contributed by atoms with van der Waals surface area (Å²) in [5.41, 5.74) is 3.10. The minimum absolute atomic E-state index is 0.0686. The van der Waals surface area contributed by atoms with Crippen molar-refractivity contribution in [2.45, 2.75) is 0 Å². The number of amides is 1. The smallest absolute Gasteiger partial charge is 0.272 e. The molecule has 0 bridgehead atoms. The molecule has 35 heavy (non-hydrogen) atoms. The lowest BCUT2D eigenvalue weighted by Gasteiger charge is -2.36. The summed E-state index contributed by atoms with van der Waals surface area (Å²) in [6.45, 7) is 2.72. The molecule has 7 heteroatoms. The van der Waals surface area contributed by atoms with Crippen molar-refractivity contribution in [2.75, 3.05) is 45.3 Å². The predicted octanol–water partition coefficient (Wildman–Crippen LogP) is 4.59. The summed E-state index contributed by atoms with van der Waals surface area (Å²) in [5, 5.41) is 11.8. The summed E-state index contributed by atoms with van der Waals surface area (Å²) >= 11 is 0. The van der Waals surface area contributed by atoms with Crippen LogP contribution in [0.1, 0.15) is 10.5 Å². The van der Waals surface area contributed by atoms with Gasteiger partial charge in [-0.15, -0.1) is 0 Å². The molecule has 0 saturated carbocycles. The number of carbonyl (C=O) groups excluding carboxylic acids is 1. The van der Waals surface area contributed by atoms with Crippen LogP contribution in [0.2, 0.25) is 0 Å². The molecule has 0 unspecified atom stereocenters. The lowest BCUT2D eigenvalue weighted by atomic mass is 10.1. The Hall–Kier alpha value is -4.26. The van der Waals surface area contributed by atoms with Crippen LogP contribution >= 0.6 is 0 Å². The van der Waals surface area contributed by atoms with Gasteiger partial charge in [0.05, 0.1) is 19.9 Å². The Labute approximate surface area is 204 Å². The molecule has 0 radical (unpaired) electrons. The van der Waals surface area contributed by atoms with E-state index in [2.05, 4.69) is 22.0 Å². The van der Waals surface area contributed by atoms with Gasteiger partial charge in [0.15, 0.2) is 11.5 Å². The molecule has 5 rings (SSSR count). The van der Waals surface area contributed by atoms with Gasteiger partial charge < -0.3 is 24.4 Å². The first-order valence-electron chi connectivity index (χ1n) is 11.5. The molecule has 178 valence electrons. The summed E-state index contributed by atoms with van der Waals surface area (Å²) in [6.07, 6.45) is 0. The molecule has 1 N–H and O–H groups in total. The van der Waals surface area contributed by atoms with E-state index < -0.39 is 0 Å². The van der Waals surface area contributed by atoms with E-state index in [-0.39, 0.29) is 11.7 Å². The summed E-state index contributed by atoms with van der Waals surface area (Å²) in [6, 6.07) is 22.7. The Morgan fingerprint density at radius 3 is 2.34 bits per heavy atom. The Bertz CT molecular complexity index is 1380. The summed E-state index contributed by atoms with van der Waals surface area (Å²) in [4.78, 5) is 22.0. The van der Waals surface area contributed by atoms with Crippen molar-refractivity contribution in [2.24, 2.45) is 0 Å². The molecule has 1 aromatic heterocycles. The van der Waals surface area contributed by atoms with E-state index >= 15 is 0 Å². The average molecular weight is 470 g/mol. The molecule has 0 spiro atoms. The molecule has 1 amide bonds. The molecule has 1 saturated heterocycles. The normalized spacial score (nSPS) is 13.7. The first-order valence-corrected chi connectivity index (χ1v) is 11.5. The topological polar surface area (TPSA) is 75.1 Å². The number of pyridine rings is 1. The lowest BCUT2D eigenvalue weighted by molar-refractivity contribution is 0.0741. The number of ether oxygens (including phenoxy) is 2. The second-order valence-electron chi connectivity index (χ2n) is 8.47. The summed E-state index contributed by atoms with van der Waals surface area (Å²) < 4.78 is 10.7. The molecular formula is C28H27N3O4. The van der Waals surface area contributed by atoms with E-state index in [1.54, 1.807) is 32.4 Å². The van der Waals surface area contributed by atoms with Gasteiger partial charge in [0.1, 0.15) is 11.4 Å². The third-order valence-corrected chi connectivity index (χ3v) is 6.39. The SMILES string of the molecule is COc1ccc(-c2cccc(C(=O)N3CCN(c4ccc5cc(O)ccc5c4)CC3)n2)cc1OC. The number of anilines is 1. The molecule has 1 fully saturated rings. The number of aromatic hydroxyl groups is 1. The molecule has 3 aromatic carbocycles. The Kier molecular flexibility index (Phi) is 6.14. The van der Waals surface area contributed by atoms with Crippen molar-refractivity contribution in [3.8, 4) is 28.5 Å². The summed E-state index contributed by atoms with van der Waals surface area (Å²) in [5.74, 6) is 1.46. The number of nitrogens with zero attached hydrogens (tertiary/aromatic N) is 3. The first kappa shape index (κ1) is 22.5. The fraction of sp³-hybridized carbons (Fsp3) is 0.214. The number of hydrogen-bond donors (Lipinski definition) is 1. The third-order valence-electron chi connectivity index (χ3n) is 6.39. The van der Waals surface area contributed by atoms with E-state index in [0.717, 1.165) is 35.1 Å². The maximum absolute atomic E-state index is 13.2. The zero-order chi connectivity index (χ0) is 24.4. The number of methoxy groups -OCH3 is 2. The number of phenolic OH excluding ortho intramolecular Hbond substituents is 1. The van der Waals surface area contributed by atoms with Crippen LogP contribution in [0.5, 0.6) is 17.2 Å². The molecule has 2 heterocycles. The Morgan fingerprint density at radius 1 is 0.829 bits per heavy atom. The molecule has 0 atom stereocenters. The highest BCUT2D eigenvalue weighted by Gasteiger charge is 2.23. The maximum Gasteiger partial charge on any atom is 0.272 e. The van der Waals surface area contributed by atoms with Crippen LogP contribution in [0.15, 0.2) is 72.8 Å². The minimum atomic E-state index is -0.0686. The third kappa shape index (κ3) is 4.57. The number of piperazine rings is 1. The van der Waals surface area contributed by atoms with Crippen LogP contribution in [-0.2, 0) is 0 Å². The highest BCUT2D eigenvalue weighted by atomic mass is 16.5. The lowest BCUT2D eigenvalue weighted by Crippen LogP contribution is -2.49. The second-order valence-corrected chi connectivity index (χ2v) is 8.47. The van der Waals surface area contributed by atoms with E-state index in [4.69, 9.17) is 9.47 Å². The Balaban J connectivity index is 1.29. The molecule has 4 aromatic rings. The zero-order valence-corrected chi connectivity index (χ0v) is 19.8. The first-order chi connectivity index (χ1) is 17.1. The highest BCUT2D eigenvalue weighted by Crippen LogP contribution is 2.32. The van der Waals surface area contributed by atoms with E-state index in [0.29, 0.717) is 36.0 Å². The van der Waals surface area contributed by atoms with Gasteiger partial charge in [-0.3, -0.25) is 4.79 Å². The average Bonchev–Trinajstić information content (AvgIpc) is 2.92. The highest BCUT2D eigenvalue weighted by molar-refractivity contribution is 5.93. The van der Waals surface area contributed by atoms with Gasteiger partial charge >= 0.3 is 0 Å². The molecule has 7 nitrogen and oxygen atoms in total. The van der Waals surface area contributed by atoms with Gasteiger partial charge in [-0.05, 0) is 65.4 Å². The van der Waals surface area contributed by atoms with Crippen molar-refractivity contribution in [1.29, 1.82) is 0 Å². The van der Waals surface area contributed by atoms with Crippen LogP contribution in [0, 0.1) is 0 Å². The van der Waals surface area contributed by atoms with Gasteiger partial charge in [-0.1, -0.05) is 18.2 Å². The number of rotatable bonds is 5. The van der Waals surface area contributed by atoms with Crippen LogP contribution in [0.25, 0.3) is 22.0 Å². The van der Waals surface area contributed by atoms with Gasteiger partial charge in [0.2, 0.25) is 0 Å². The van der Waals surface area contributed by atoms with Crippen molar-refractivity contribution >= 4 is 22.4 Å². The van der Waals surface area contributed by atoms with Gasteiger partial charge in [0, 0.05) is 37.4 Å². The van der Waals surface area contributed by atoms with Crippen molar-refractivity contribution in [3.63, 3.8) is 0 Å². The van der Waals surface area contributed by atoms with Crippen LogP contribution in [0.4, 0.5) is 5.69 Å². The molecule has 0 aliphatic carbocycles. The molecule has 1 aliphatic heterocycles. The quantitative estimate of drug-likeness (QED) is 0.461. The number of aromatic nitrogens is 1. The predicted molar refractivity (Wildman–Crippen MR) is 137 cm³/mol. The number of fused-ring (bicyclic) bond motifs is 1. The number of benzene rings is 3. The monoisotopic (exact) mass is 469 g/mol. The zero-order valence-electron chi connectivity index (χ0n) is 19.8. The van der Waals surface area contributed by atoms with E-state index in [1.807, 2.05) is 47.4 Å². The van der Waals surface area contributed by atoms with Crippen molar-refractivity contribution in [1.82, 2.24) is 9.88 Å². The van der Waals surface area contributed by atoms with Crippen LogP contribution < -0.4 is 14.4 Å². The van der Waals surface area contributed by atoms with Crippen LogP contribution in [-0.4, -0.2) is 61.3 Å². The number of carbonyl (C=O) groups is 1. The minimum Gasteiger partial charge on any atom is -0.508 e. The van der Waals surface area contributed by atoms with Crippen molar-refractivity contribution in [3.05, 3.63) is 78.5 Å². The van der Waals surface area contributed by atoms with Crippen LogP contribution in [0.3, 0.4) is 0 Å². The van der Waals surface area contributed by atoms with Crippen molar-refractivity contribution < 1.29 is 19.4 Å². The van der Waals surface area contributed by atoms with Gasteiger partial charge in [0.25, 0.3) is 5.91 Å². The fourth-order valence-corrected chi connectivity index (χ4v) is 4.46.